The van der Waals surface area contributed by atoms with Crippen molar-refractivity contribution in [3.05, 3.63) is 47.8 Å². The highest BCUT2D eigenvalue weighted by Crippen LogP contribution is 2.40. The zero-order chi connectivity index (χ0) is 20.3. The minimum Gasteiger partial charge on any atom is -0.493 e. The summed E-state index contributed by atoms with van der Waals surface area (Å²) >= 11 is 1.02. The van der Waals surface area contributed by atoms with Crippen LogP contribution in [0.25, 0.3) is 11.5 Å². The molecule has 1 heterocycles. The van der Waals surface area contributed by atoms with Crippen molar-refractivity contribution in [3.8, 4) is 23.0 Å². The summed E-state index contributed by atoms with van der Waals surface area (Å²) < 4.78 is 57.6. The van der Waals surface area contributed by atoms with Crippen LogP contribution in [0, 0.1) is 6.92 Å². The molecule has 0 spiro atoms. The number of nitrogens with one attached hydrogen (secondary N) is 1. The molecular weight excluding hydrogens is 395 g/mol. The van der Waals surface area contributed by atoms with Crippen LogP contribution in [0.5, 0.6) is 11.5 Å². The Morgan fingerprint density at radius 2 is 1.79 bits per heavy atom. The largest absolute Gasteiger partial charge is 0.493 e. The first-order valence-corrected chi connectivity index (χ1v) is 8.80. The van der Waals surface area contributed by atoms with Gasteiger partial charge in [0.15, 0.2) is 17.3 Å². The Kier molecular flexibility index (Phi) is 5.68. The van der Waals surface area contributed by atoms with E-state index in [1.165, 1.54) is 20.3 Å². The molecule has 3 aromatic rings. The molecule has 0 aliphatic heterocycles. The van der Waals surface area contributed by atoms with Crippen LogP contribution in [0.1, 0.15) is 11.4 Å². The molecule has 0 aliphatic carbocycles. The minimum atomic E-state index is -4.41. The predicted molar refractivity (Wildman–Crippen MR) is 98.5 cm³/mol. The van der Waals surface area contributed by atoms with Gasteiger partial charge in [0.25, 0.3) is 5.89 Å². The Morgan fingerprint density at radius 1 is 1.07 bits per heavy atom. The Morgan fingerprint density at radius 3 is 2.39 bits per heavy atom. The van der Waals surface area contributed by atoms with Gasteiger partial charge >= 0.3 is 6.18 Å². The van der Waals surface area contributed by atoms with Crippen LogP contribution in [0.15, 0.2) is 45.8 Å². The molecule has 0 radical (unpaired) electrons. The van der Waals surface area contributed by atoms with Gasteiger partial charge in [-0.05, 0) is 43.1 Å². The number of halogens is 3. The number of benzene rings is 2. The standard InChI is InChI=1S/C18H16F3N3O3S/c1-10-22-17(27-23-10)13-8-15(25-2)16(26-3)9-14(13)24-28-12-6-4-5-11(7-12)18(19,20)21/h4-9,24H,1-3H3. The van der Waals surface area contributed by atoms with E-state index in [0.717, 1.165) is 24.1 Å². The molecule has 3 rings (SSSR count). The van der Waals surface area contributed by atoms with Gasteiger partial charge in [0.2, 0.25) is 0 Å². The molecule has 28 heavy (non-hydrogen) atoms. The van der Waals surface area contributed by atoms with Gasteiger partial charge in [0.05, 0.1) is 31.0 Å². The number of hydrogen-bond acceptors (Lipinski definition) is 7. The lowest BCUT2D eigenvalue weighted by atomic mass is 10.1. The number of aryl methyl sites for hydroxylation is 1. The molecule has 10 heteroatoms. The van der Waals surface area contributed by atoms with Gasteiger partial charge in [-0.1, -0.05) is 11.2 Å². The van der Waals surface area contributed by atoms with Crippen LogP contribution >= 0.6 is 11.9 Å². The van der Waals surface area contributed by atoms with E-state index >= 15 is 0 Å². The van der Waals surface area contributed by atoms with E-state index in [-0.39, 0.29) is 5.89 Å². The smallest absolute Gasteiger partial charge is 0.416 e. The molecule has 0 fully saturated rings. The summed E-state index contributed by atoms with van der Waals surface area (Å²) in [5.74, 6) is 1.57. The van der Waals surface area contributed by atoms with Crippen LogP contribution in [-0.2, 0) is 6.18 Å². The number of methoxy groups -OCH3 is 2. The molecule has 0 unspecified atom stereocenters. The van der Waals surface area contributed by atoms with E-state index in [2.05, 4.69) is 14.9 Å². The fourth-order valence-electron chi connectivity index (χ4n) is 2.40. The average molecular weight is 411 g/mol. The van der Waals surface area contributed by atoms with Crippen molar-refractivity contribution in [2.45, 2.75) is 18.0 Å². The lowest BCUT2D eigenvalue weighted by molar-refractivity contribution is -0.137. The highest BCUT2D eigenvalue weighted by atomic mass is 32.2. The molecule has 1 N–H and O–H groups in total. The van der Waals surface area contributed by atoms with Gasteiger partial charge in [-0.15, -0.1) is 0 Å². The van der Waals surface area contributed by atoms with E-state index in [0.29, 0.717) is 33.5 Å². The predicted octanol–water partition coefficient (Wildman–Crippen LogP) is 5.20. The third-order valence-electron chi connectivity index (χ3n) is 3.72. The van der Waals surface area contributed by atoms with E-state index in [9.17, 15) is 13.2 Å². The second-order valence-electron chi connectivity index (χ2n) is 5.63. The second kappa shape index (κ2) is 8.01. The first-order chi connectivity index (χ1) is 13.3. The molecule has 0 bridgehead atoms. The fourth-order valence-corrected chi connectivity index (χ4v) is 3.13. The maximum atomic E-state index is 12.9. The number of nitrogens with zero attached hydrogens (tertiary/aromatic N) is 2. The van der Waals surface area contributed by atoms with Crippen molar-refractivity contribution in [3.63, 3.8) is 0 Å². The summed E-state index contributed by atoms with van der Waals surface area (Å²) in [5, 5.41) is 3.77. The van der Waals surface area contributed by atoms with Gasteiger partial charge in [-0.25, -0.2) is 0 Å². The molecule has 6 nitrogen and oxygen atoms in total. The van der Waals surface area contributed by atoms with Crippen molar-refractivity contribution >= 4 is 17.6 Å². The SMILES string of the molecule is COc1cc(NSc2cccc(C(F)(F)F)c2)c(-c2nc(C)no2)cc1OC. The van der Waals surface area contributed by atoms with Crippen LogP contribution in [0.3, 0.4) is 0 Å². The van der Waals surface area contributed by atoms with Crippen LogP contribution < -0.4 is 14.2 Å². The first-order valence-electron chi connectivity index (χ1n) is 7.98. The van der Waals surface area contributed by atoms with Crippen molar-refractivity contribution in [2.24, 2.45) is 0 Å². The number of alkyl halides is 3. The van der Waals surface area contributed by atoms with Gasteiger partial charge < -0.3 is 18.7 Å². The van der Waals surface area contributed by atoms with E-state index in [1.807, 2.05) is 0 Å². The number of rotatable bonds is 6. The van der Waals surface area contributed by atoms with Crippen molar-refractivity contribution < 1.29 is 27.2 Å². The Labute approximate surface area is 163 Å². The summed E-state index contributed by atoms with van der Waals surface area (Å²) in [6.07, 6.45) is -4.41. The maximum Gasteiger partial charge on any atom is 0.416 e. The highest BCUT2D eigenvalue weighted by molar-refractivity contribution is 8.00. The Balaban J connectivity index is 1.94. The van der Waals surface area contributed by atoms with Crippen LogP contribution in [0.2, 0.25) is 0 Å². The number of aromatic nitrogens is 2. The zero-order valence-corrected chi connectivity index (χ0v) is 15.9. The first kappa shape index (κ1) is 19.9. The van der Waals surface area contributed by atoms with Gasteiger partial charge in [0, 0.05) is 11.0 Å². The third kappa shape index (κ3) is 4.33. The van der Waals surface area contributed by atoms with Gasteiger partial charge in [-0.3, -0.25) is 0 Å². The van der Waals surface area contributed by atoms with E-state index in [4.69, 9.17) is 14.0 Å². The molecule has 0 amide bonds. The van der Waals surface area contributed by atoms with Gasteiger partial charge in [-0.2, -0.15) is 18.2 Å². The Bertz CT molecular complexity index is 976. The summed E-state index contributed by atoms with van der Waals surface area (Å²) in [4.78, 5) is 4.59. The molecule has 0 saturated carbocycles. The fraction of sp³-hybridized carbons (Fsp3) is 0.222. The van der Waals surface area contributed by atoms with E-state index in [1.54, 1.807) is 25.1 Å². The van der Waals surface area contributed by atoms with Crippen LogP contribution in [0.4, 0.5) is 18.9 Å². The van der Waals surface area contributed by atoms with Crippen molar-refractivity contribution in [2.75, 3.05) is 18.9 Å². The lowest BCUT2D eigenvalue weighted by Crippen LogP contribution is -2.04. The summed E-state index contributed by atoms with van der Waals surface area (Å²) in [6, 6.07) is 8.31. The van der Waals surface area contributed by atoms with Gasteiger partial charge in [0.1, 0.15) is 0 Å². The van der Waals surface area contributed by atoms with Crippen LogP contribution in [-0.4, -0.2) is 24.4 Å². The van der Waals surface area contributed by atoms with Crippen molar-refractivity contribution in [1.29, 1.82) is 0 Å². The summed E-state index contributed by atoms with van der Waals surface area (Å²) in [7, 11) is 2.98. The topological polar surface area (TPSA) is 69.4 Å². The molecule has 0 aliphatic rings. The Hall–Kier alpha value is -2.88. The number of anilines is 1. The molecule has 148 valence electrons. The zero-order valence-electron chi connectivity index (χ0n) is 15.1. The second-order valence-corrected chi connectivity index (χ2v) is 6.51. The van der Waals surface area contributed by atoms with E-state index < -0.39 is 11.7 Å². The maximum absolute atomic E-state index is 12.9. The normalized spacial score (nSPS) is 11.4. The average Bonchev–Trinajstić information content (AvgIpc) is 3.11. The number of hydrogen-bond donors (Lipinski definition) is 1. The molecule has 1 aromatic heterocycles. The molecule has 2 aromatic carbocycles. The highest BCUT2D eigenvalue weighted by Gasteiger charge is 2.30. The monoisotopic (exact) mass is 411 g/mol. The summed E-state index contributed by atoms with van der Waals surface area (Å²) in [6.45, 7) is 1.68. The minimum absolute atomic E-state index is 0.241. The molecule has 0 saturated heterocycles. The lowest BCUT2D eigenvalue weighted by Gasteiger charge is -2.14. The summed E-state index contributed by atoms with van der Waals surface area (Å²) in [5.41, 5.74) is 0.320. The van der Waals surface area contributed by atoms with Crippen molar-refractivity contribution in [1.82, 2.24) is 10.1 Å². The molecule has 0 atom stereocenters. The molecular formula is C18H16F3N3O3S. The third-order valence-corrected chi connectivity index (χ3v) is 4.53. The quantitative estimate of drug-likeness (QED) is 0.559. The number of ether oxygens (including phenoxy) is 2.